The molecule has 0 amide bonds. The predicted molar refractivity (Wildman–Crippen MR) is 113 cm³/mol. The van der Waals surface area contributed by atoms with Crippen molar-refractivity contribution in [1.82, 2.24) is 4.31 Å². The van der Waals surface area contributed by atoms with Crippen molar-refractivity contribution in [2.24, 2.45) is 0 Å². The molecule has 0 unspecified atom stereocenters. The number of hydrogen-bond donors (Lipinski definition) is 2. The first kappa shape index (κ1) is 50.3. The van der Waals surface area contributed by atoms with Crippen LogP contribution in [0.2, 0.25) is 0 Å². The molecule has 0 aliphatic rings. The van der Waals surface area contributed by atoms with Crippen LogP contribution in [0.4, 0.5) is 110 Å². The lowest BCUT2D eigenvalue weighted by atomic mass is 9.87. The van der Waals surface area contributed by atoms with Crippen LogP contribution < -0.4 is 0 Å². The van der Waals surface area contributed by atoms with Crippen LogP contribution in [-0.2, 0) is 19.1 Å². The number of sulfonamides is 1. The first-order valence-electron chi connectivity index (χ1n) is 12.2. The zero-order valence-electron chi connectivity index (χ0n) is 23.8. The van der Waals surface area contributed by atoms with Crippen molar-refractivity contribution in [2.45, 2.75) is 104 Å². The second-order valence-electron chi connectivity index (χ2n) is 9.89. The zero-order valence-corrected chi connectivity index (χ0v) is 25.5. The molecule has 0 spiro atoms. The van der Waals surface area contributed by atoms with Gasteiger partial charge in [0.05, 0.1) is 0 Å². The van der Waals surface area contributed by atoms with Gasteiger partial charge in [0.15, 0.2) is 0 Å². The number of nitrogens with zero attached hydrogens (tertiary/aromatic N) is 1. The van der Waals surface area contributed by atoms with Crippen LogP contribution in [-0.4, -0.2) is 100 Å². The maximum atomic E-state index is 14.6. The Morgan fingerprint density at radius 3 is 1.12 bits per heavy atom. The van der Waals surface area contributed by atoms with Gasteiger partial charge in [0, 0.05) is 6.54 Å². The van der Waals surface area contributed by atoms with Gasteiger partial charge in [-0.2, -0.15) is 110 Å². The third-order valence-electron chi connectivity index (χ3n) is 6.21. The number of halogens is 25. The van der Waals surface area contributed by atoms with Crippen LogP contribution in [0.15, 0.2) is 0 Å². The second kappa shape index (κ2) is 13.8. The predicted octanol–water partition coefficient (Wildman–Crippen LogP) is 8.73. The van der Waals surface area contributed by atoms with Gasteiger partial charge in [0.25, 0.3) is 10.0 Å². The van der Waals surface area contributed by atoms with E-state index >= 15 is 0 Å². The van der Waals surface area contributed by atoms with E-state index in [4.69, 9.17) is 9.79 Å². The number of hydrogen-bond acceptors (Lipinski definition) is 4. The Morgan fingerprint density at radius 1 is 0.519 bits per heavy atom. The highest BCUT2D eigenvalue weighted by atomic mass is 32.2. The largest absolute Gasteiger partial charge is 0.474 e. The van der Waals surface area contributed by atoms with Gasteiger partial charge in [0.1, 0.15) is 0 Å². The highest BCUT2D eigenvalue weighted by molar-refractivity contribution is 7.90. The summed E-state index contributed by atoms with van der Waals surface area (Å²) in [6.07, 6.45) is -18.5. The molecule has 0 aromatic rings. The third-order valence-corrected chi connectivity index (χ3v) is 8.57. The number of unbranched alkanes of at least 4 members (excludes halogenated alkanes) is 3. The van der Waals surface area contributed by atoms with E-state index in [0.29, 0.717) is 0 Å². The standard InChI is InChI=1S/C18H15F25NO6PS/c1-2-3-4-5-6-44(16(38,39)17(40,41)50-51(45,46)47)52(48,49)18(42,43)14(33,34)12(29,30)10(25,26)8(21,22)7(19,20)9(23,24)11(27,28)13(31,32)15(35,36)37/h2-6H2,1H3,(H2,45,46,47). The Hall–Kier alpha value is -1.73. The van der Waals surface area contributed by atoms with Gasteiger partial charge in [-0.05, 0) is 6.42 Å². The van der Waals surface area contributed by atoms with Crippen LogP contribution >= 0.6 is 7.82 Å². The minimum atomic E-state index is -9.74. The van der Waals surface area contributed by atoms with Crippen molar-refractivity contribution in [1.29, 1.82) is 0 Å². The lowest BCUT2D eigenvalue weighted by molar-refractivity contribution is -0.472. The average molecular weight is 879 g/mol. The molecule has 0 radical (unpaired) electrons. The minimum absolute atomic E-state index is 0.117. The lowest BCUT2D eigenvalue weighted by Gasteiger charge is -2.45. The highest BCUT2D eigenvalue weighted by Gasteiger charge is 2.98. The average Bonchev–Trinajstić information content (AvgIpc) is 2.89. The molecule has 34 heteroatoms. The van der Waals surface area contributed by atoms with Crippen molar-refractivity contribution >= 4 is 17.8 Å². The highest BCUT2D eigenvalue weighted by Crippen LogP contribution is 2.67. The molecule has 0 saturated carbocycles. The van der Waals surface area contributed by atoms with Gasteiger partial charge in [-0.25, -0.2) is 17.5 Å². The second-order valence-corrected chi connectivity index (χ2v) is 13.0. The summed E-state index contributed by atoms with van der Waals surface area (Å²) in [7, 11) is -16.3. The van der Waals surface area contributed by atoms with Gasteiger partial charge in [-0.1, -0.05) is 26.2 Å². The van der Waals surface area contributed by atoms with Crippen molar-refractivity contribution in [3.63, 3.8) is 0 Å². The van der Waals surface area contributed by atoms with E-state index in [-0.39, 0.29) is 6.42 Å². The Labute approximate surface area is 270 Å². The zero-order chi connectivity index (χ0) is 42.8. The number of rotatable bonds is 19. The van der Waals surface area contributed by atoms with E-state index in [1.54, 1.807) is 0 Å². The monoisotopic (exact) mass is 879 g/mol. The van der Waals surface area contributed by atoms with Crippen LogP contribution in [0.25, 0.3) is 0 Å². The molecular weight excluding hydrogens is 864 g/mol. The summed E-state index contributed by atoms with van der Waals surface area (Å²) >= 11 is 0. The van der Waals surface area contributed by atoms with E-state index in [1.807, 2.05) is 0 Å². The van der Waals surface area contributed by atoms with Crippen molar-refractivity contribution < 1.29 is 137 Å². The molecule has 0 rings (SSSR count). The third kappa shape index (κ3) is 7.33. The van der Waals surface area contributed by atoms with E-state index < -0.39 is 119 Å². The van der Waals surface area contributed by atoms with Crippen LogP contribution in [0.5, 0.6) is 0 Å². The van der Waals surface area contributed by atoms with Crippen LogP contribution in [0.3, 0.4) is 0 Å². The Kier molecular flexibility index (Phi) is 13.3. The maximum absolute atomic E-state index is 14.6. The molecule has 0 atom stereocenters. The molecule has 0 saturated heterocycles. The molecule has 0 bridgehead atoms. The van der Waals surface area contributed by atoms with E-state index in [1.165, 1.54) is 6.92 Å². The molecule has 0 fully saturated rings. The molecular formula is C18H15F25NO6PS. The van der Waals surface area contributed by atoms with Crippen molar-refractivity contribution in [3.05, 3.63) is 0 Å². The van der Waals surface area contributed by atoms with Gasteiger partial charge in [-0.3, -0.25) is 0 Å². The summed E-state index contributed by atoms with van der Waals surface area (Å²) in [6.45, 7) is -1.69. The minimum Gasteiger partial charge on any atom is -0.303 e. The van der Waals surface area contributed by atoms with Crippen molar-refractivity contribution in [3.8, 4) is 0 Å². The number of phosphoric ester groups is 1. The molecule has 0 aromatic carbocycles. The molecule has 7 nitrogen and oxygen atoms in total. The fourth-order valence-electron chi connectivity index (χ4n) is 3.29. The maximum Gasteiger partial charge on any atom is 0.474 e. The van der Waals surface area contributed by atoms with Gasteiger partial charge < -0.3 is 9.79 Å². The molecule has 314 valence electrons. The Bertz CT molecular complexity index is 1420. The van der Waals surface area contributed by atoms with Gasteiger partial charge in [-0.15, -0.1) is 4.31 Å². The summed E-state index contributed by atoms with van der Waals surface area (Å²) in [5.41, 5.74) is 0. The Balaban J connectivity index is 7.72. The van der Waals surface area contributed by atoms with Crippen LogP contribution in [0.1, 0.15) is 32.6 Å². The Morgan fingerprint density at radius 2 is 0.827 bits per heavy atom. The summed E-state index contributed by atoms with van der Waals surface area (Å²) in [5.74, 6) is -75.6. The molecule has 2 N–H and O–H groups in total. The molecule has 0 aliphatic heterocycles. The van der Waals surface area contributed by atoms with Gasteiger partial charge >= 0.3 is 78.8 Å². The summed E-state index contributed by atoms with van der Waals surface area (Å²) in [4.78, 5) is 16.6. The smallest absolute Gasteiger partial charge is 0.303 e. The van der Waals surface area contributed by atoms with Crippen LogP contribution in [0, 0.1) is 0 Å². The molecule has 0 aliphatic carbocycles. The fraction of sp³-hybridized carbons (Fsp3) is 1.00. The molecule has 0 heterocycles. The van der Waals surface area contributed by atoms with E-state index in [2.05, 4.69) is 4.52 Å². The first-order valence-corrected chi connectivity index (χ1v) is 15.1. The summed E-state index contributed by atoms with van der Waals surface area (Å²) in [5, 5.41) is -8.87. The topological polar surface area (TPSA) is 104 Å². The van der Waals surface area contributed by atoms with E-state index in [9.17, 15) is 123 Å². The number of phosphoric acid groups is 1. The fourth-order valence-corrected chi connectivity index (χ4v) is 5.20. The van der Waals surface area contributed by atoms with Crippen molar-refractivity contribution in [2.75, 3.05) is 6.54 Å². The summed E-state index contributed by atoms with van der Waals surface area (Å²) in [6, 6.07) is -7.50. The quantitative estimate of drug-likeness (QED) is 0.0583. The van der Waals surface area contributed by atoms with Gasteiger partial charge in [0.2, 0.25) is 0 Å². The number of alkyl halides is 25. The first-order chi connectivity index (χ1) is 22.1. The van der Waals surface area contributed by atoms with E-state index in [0.717, 1.165) is 0 Å². The summed E-state index contributed by atoms with van der Waals surface area (Å²) < 4.78 is 377. The SMILES string of the molecule is CCCCCCN(C(F)(F)C(F)(F)OP(=O)(O)O)S(=O)(=O)C(F)(F)C(F)(F)C(F)(F)C(F)(F)C(F)(F)C(F)(F)C(F)(F)C(F)(F)C(F)(F)C(F)(F)F. The normalized spacial score (nSPS) is 16.6. The molecule has 0 aromatic heterocycles. The lowest BCUT2D eigenvalue weighted by Crippen LogP contribution is -2.77. The molecule has 52 heavy (non-hydrogen) atoms.